The predicted octanol–water partition coefficient (Wildman–Crippen LogP) is 2.64. The summed E-state index contributed by atoms with van der Waals surface area (Å²) in [5.74, 6) is -0.513. The van der Waals surface area contributed by atoms with Gasteiger partial charge in [0.15, 0.2) is 6.61 Å². The van der Waals surface area contributed by atoms with Gasteiger partial charge in [0.05, 0.1) is 11.7 Å². The van der Waals surface area contributed by atoms with E-state index in [-0.39, 0.29) is 24.1 Å². The van der Waals surface area contributed by atoms with Crippen molar-refractivity contribution in [2.45, 2.75) is 39.2 Å². The Labute approximate surface area is 140 Å². The van der Waals surface area contributed by atoms with Crippen molar-refractivity contribution in [3.05, 3.63) is 52.4 Å². The molecular formula is C18H20N2O4. The highest BCUT2D eigenvalue weighted by Gasteiger charge is 2.23. The van der Waals surface area contributed by atoms with Gasteiger partial charge in [-0.3, -0.25) is 4.79 Å². The molecule has 0 saturated carbocycles. The van der Waals surface area contributed by atoms with E-state index in [4.69, 9.17) is 9.26 Å². The van der Waals surface area contributed by atoms with Crippen LogP contribution in [-0.4, -0.2) is 23.6 Å². The molecule has 6 nitrogen and oxygen atoms in total. The highest BCUT2D eigenvalue weighted by Crippen LogP contribution is 2.29. The lowest BCUT2D eigenvalue weighted by Gasteiger charge is -2.26. The molecule has 0 saturated heterocycles. The van der Waals surface area contributed by atoms with E-state index < -0.39 is 5.97 Å². The number of hydrogen-bond acceptors (Lipinski definition) is 5. The van der Waals surface area contributed by atoms with Crippen LogP contribution < -0.4 is 5.32 Å². The van der Waals surface area contributed by atoms with Crippen LogP contribution in [0.2, 0.25) is 0 Å². The molecule has 1 amide bonds. The molecule has 1 aromatic carbocycles. The Kier molecular flexibility index (Phi) is 4.64. The van der Waals surface area contributed by atoms with Crippen LogP contribution in [0, 0.1) is 13.8 Å². The van der Waals surface area contributed by atoms with E-state index in [1.54, 1.807) is 13.8 Å². The Morgan fingerprint density at radius 3 is 2.88 bits per heavy atom. The first kappa shape index (κ1) is 16.2. The highest BCUT2D eigenvalue weighted by atomic mass is 16.5. The van der Waals surface area contributed by atoms with Gasteiger partial charge in [0, 0.05) is 0 Å². The van der Waals surface area contributed by atoms with Crippen LogP contribution in [0.4, 0.5) is 0 Å². The number of ether oxygens (including phenoxy) is 1. The Balaban J connectivity index is 1.58. The van der Waals surface area contributed by atoms with Gasteiger partial charge in [0.2, 0.25) is 0 Å². The third kappa shape index (κ3) is 3.32. The molecule has 1 unspecified atom stereocenters. The number of hydrogen-bond donors (Lipinski definition) is 1. The third-order valence-electron chi connectivity index (χ3n) is 4.28. The molecule has 0 fully saturated rings. The molecule has 0 radical (unpaired) electrons. The van der Waals surface area contributed by atoms with Crippen molar-refractivity contribution in [3.63, 3.8) is 0 Å². The summed E-state index contributed by atoms with van der Waals surface area (Å²) in [6.07, 6.45) is 2.95. The number of carbonyl (C=O) groups is 2. The van der Waals surface area contributed by atoms with Gasteiger partial charge in [-0.15, -0.1) is 0 Å². The van der Waals surface area contributed by atoms with Gasteiger partial charge in [-0.05, 0) is 44.2 Å². The van der Waals surface area contributed by atoms with Gasteiger partial charge in [-0.25, -0.2) is 4.79 Å². The normalized spacial score (nSPS) is 16.3. The number of nitrogens with one attached hydrogen (secondary N) is 1. The number of nitrogens with zero attached hydrogens (tertiary/aromatic N) is 1. The van der Waals surface area contributed by atoms with Crippen molar-refractivity contribution in [1.82, 2.24) is 10.5 Å². The summed E-state index contributed by atoms with van der Waals surface area (Å²) in [5.41, 5.74) is 3.15. The van der Waals surface area contributed by atoms with Gasteiger partial charge in [-0.1, -0.05) is 29.4 Å². The average Bonchev–Trinajstić information content (AvgIpc) is 2.92. The maximum atomic E-state index is 12.1. The quantitative estimate of drug-likeness (QED) is 0.873. The van der Waals surface area contributed by atoms with Gasteiger partial charge in [0.1, 0.15) is 11.3 Å². The Bertz CT molecular complexity index is 747. The van der Waals surface area contributed by atoms with Gasteiger partial charge in [-0.2, -0.15) is 0 Å². The number of benzene rings is 1. The van der Waals surface area contributed by atoms with E-state index in [9.17, 15) is 9.59 Å². The molecule has 1 N–H and O–H groups in total. The lowest BCUT2D eigenvalue weighted by molar-refractivity contribution is -0.125. The van der Waals surface area contributed by atoms with Gasteiger partial charge < -0.3 is 14.6 Å². The SMILES string of the molecule is Cc1noc(C)c1C(=O)OCC(=O)NC1CCCc2ccccc21. The standard InChI is InChI=1S/C18H20N2O4/c1-11-17(12(2)24-20-11)18(22)23-10-16(21)19-15-9-5-7-13-6-3-4-8-14(13)15/h3-4,6,8,15H,5,7,9-10H2,1-2H3,(H,19,21). The lowest BCUT2D eigenvalue weighted by Crippen LogP contribution is -2.34. The fourth-order valence-electron chi connectivity index (χ4n) is 3.12. The molecule has 6 heteroatoms. The van der Waals surface area contributed by atoms with Crippen molar-refractivity contribution < 1.29 is 18.8 Å². The second-order valence-corrected chi connectivity index (χ2v) is 5.99. The van der Waals surface area contributed by atoms with Crippen molar-refractivity contribution in [1.29, 1.82) is 0 Å². The first-order chi connectivity index (χ1) is 11.6. The van der Waals surface area contributed by atoms with Gasteiger partial charge >= 0.3 is 5.97 Å². The second kappa shape index (κ2) is 6.86. The lowest BCUT2D eigenvalue weighted by atomic mass is 9.88. The summed E-state index contributed by atoms with van der Waals surface area (Å²) >= 11 is 0. The summed E-state index contributed by atoms with van der Waals surface area (Å²) in [6, 6.07) is 8.08. The maximum absolute atomic E-state index is 12.1. The molecule has 2 aromatic rings. The number of aromatic nitrogens is 1. The molecule has 0 spiro atoms. The van der Waals surface area contributed by atoms with E-state index in [1.165, 1.54) is 5.56 Å². The number of carbonyl (C=O) groups excluding carboxylic acids is 2. The Morgan fingerprint density at radius 2 is 2.12 bits per heavy atom. The summed E-state index contributed by atoms with van der Waals surface area (Å²) in [5, 5.41) is 6.66. The fourth-order valence-corrected chi connectivity index (χ4v) is 3.12. The monoisotopic (exact) mass is 328 g/mol. The van der Waals surface area contributed by atoms with Crippen LogP contribution in [0.3, 0.4) is 0 Å². The maximum Gasteiger partial charge on any atom is 0.344 e. The van der Waals surface area contributed by atoms with E-state index >= 15 is 0 Å². The zero-order valence-electron chi connectivity index (χ0n) is 13.8. The molecule has 24 heavy (non-hydrogen) atoms. The van der Waals surface area contributed by atoms with Gasteiger partial charge in [0.25, 0.3) is 5.91 Å². The zero-order chi connectivity index (χ0) is 17.1. The predicted molar refractivity (Wildman–Crippen MR) is 86.5 cm³/mol. The van der Waals surface area contributed by atoms with Crippen molar-refractivity contribution >= 4 is 11.9 Å². The molecule has 126 valence electrons. The first-order valence-electron chi connectivity index (χ1n) is 8.03. The molecule has 1 aliphatic carbocycles. The highest BCUT2D eigenvalue weighted by molar-refractivity contribution is 5.93. The van der Waals surface area contributed by atoms with Crippen LogP contribution in [0.15, 0.2) is 28.8 Å². The largest absolute Gasteiger partial charge is 0.452 e. The van der Waals surface area contributed by atoms with Crippen molar-refractivity contribution in [3.8, 4) is 0 Å². The molecular weight excluding hydrogens is 308 g/mol. The molecule has 1 aliphatic rings. The van der Waals surface area contributed by atoms with Crippen molar-refractivity contribution in [2.75, 3.05) is 6.61 Å². The van der Waals surface area contributed by atoms with Crippen molar-refractivity contribution in [2.24, 2.45) is 0 Å². The molecule has 3 rings (SSSR count). The van der Waals surface area contributed by atoms with Crippen LogP contribution in [0.1, 0.15) is 51.8 Å². The zero-order valence-corrected chi connectivity index (χ0v) is 13.8. The first-order valence-corrected chi connectivity index (χ1v) is 8.03. The molecule has 1 atom stereocenters. The van der Waals surface area contributed by atoms with E-state index in [1.807, 2.05) is 18.2 Å². The third-order valence-corrected chi connectivity index (χ3v) is 4.28. The minimum absolute atomic E-state index is 0.0276. The topological polar surface area (TPSA) is 81.4 Å². The number of fused-ring (bicyclic) bond motifs is 1. The van der Waals surface area contributed by atoms with Crippen LogP contribution >= 0.6 is 0 Å². The summed E-state index contributed by atoms with van der Waals surface area (Å²) in [6.45, 7) is 2.98. The number of rotatable bonds is 4. The summed E-state index contributed by atoms with van der Waals surface area (Å²) in [7, 11) is 0. The molecule has 0 bridgehead atoms. The Hall–Kier alpha value is -2.63. The Morgan fingerprint density at radius 1 is 1.33 bits per heavy atom. The van der Waals surface area contributed by atoms with E-state index in [0.29, 0.717) is 11.5 Å². The minimum Gasteiger partial charge on any atom is -0.452 e. The fraction of sp³-hybridized carbons (Fsp3) is 0.389. The minimum atomic E-state index is -0.592. The van der Waals surface area contributed by atoms with Crippen LogP contribution in [-0.2, 0) is 16.0 Å². The smallest absolute Gasteiger partial charge is 0.344 e. The number of amides is 1. The van der Waals surface area contributed by atoms with E-state index in [2.05, 4.69) is 16.5 Å². The second-order valence-electron chi connectivity index (χ2n) is 5.99. The summed E-state index contributed by atoms with van der Waals surface area (Å²) in [4.78, 5) is 24.2. The van der Waals surface area contributed by atoms with Crippen LogP contribution in [0.5, 0.6) is 0 Å². The number of aryl methyl sites for hydroxylation is 3. The molecule has 0 aliphatic heterocycles. The van der Waals surface area contributed by atoms with E-state index in [0.717, 1.165) is 24.8 Å². The molecule has 1 heterocycles. The number of esters is 1. The summed E-state index contributed by atoms with van der Waals surface area (Å²) < 4.78 is 10.0. The van der Waals surface area contributed by atoms with Crippen LogP contribution in [0.25, 0.3) is 0 Å². The average molecular weight is 328 g/mol. The molecule has 1 aromatic heterocycles.